The summed E-state index contributed by atoms with van der Waals surface area (Å²) in [5, 5.41) is 1.90. The van der Waals surface area contributed by atoms with Crippen molar-refractivity contribution in [1.82, 2.24) is 9.80 Å². The van der Waals surface area contributed by atoms with Gasteiger partial charge in [0, 0.05) is 60.1 Å². The smallest absolute Gasteiger partial charge is 0.339 e. The molecule has 0 saturated carbocycles. The number of amides is 1. The molecule has 1 aliphatic rings. The number of aryl methyl sites for hydroxylation is 3. The van der Waals surface area contributed by atoms with Crippen molar-refractivity contribution in [2.75, 3.05) is 33.2 Å². The second kappa shape index (κ2) is 8.76. The lowest BCUT2D eigenvalue weighted by atomic mass is 9.96. The molecule has 5 rings (SSSR count). The second-order valence-electron chi connectivity index (χ2n) is 9.33. The molecule has 1 amide bonds. The van der Waals surface area contributed by atoms with E-state index >= 15 is 0 Å². The first-order valence-corrected chi connectivity index (χ1v) is 11.9. The van der Waals surface area contributed by atoms with Crippen LogP contribution in [0.2, 0.25) is 0 Å². The average Bonchev–Trinajstić information content (AvgIpc) is 3.17. The Balaban J connectivity index is 1.55. The molecule has 0 N–H and O–H groups in total. The molecule has 1 aliphatic heterocycles. The molecule has 0 radical (unpaired) electrons. The maximum Gasteiger partial charge on any atom is 0.339 e. The molecule has 6 heteroatoms. The van der Waals surface area contributed by atoms with E-state index in [4.69, 9.17) is 8.83 Å². The summed E-state index contributed by atoms with van der Waals surface area (Å²) in [6.45, 7) is 9.08. The number of piperazine rings is 1. The maximum absolute atomic E-state index is 12.9. The van der Waals surface area contributed by atoms with Crippen LogP contribution in [-0.2, 0) is 11.2 Å². The van der Waals surface area contributed by atoms with E-state index in [9.17, 15) is 9.59 Å². The molecule has 1 fully saturated rings. The van der Waals surface area contributed by atoms with E-state index in [1.54, 1.807) is 0 Å². The van der Waals surface area contributed by atoms with Gasteiger partial charge in [0.25, 0.3) is 0 Å². The van der Waals surface area contributed by atoms with Crippen LogP contribution in [0, 0.1) is 20.8 Å². The van der Waals surface area contributed by atoms with E-state index < -0.39 is 0 Å². The van der Waals surface area contributed by atoms with Crippen molar-refractivity contribution in [1.29, 1.82) is 0 Å². The van der Waals surface area contributed by atoms with Crippen molar-refractivity contribution in [3.05, 3.63) is 69.3 Å². The Morgan fingerprint density at radius 1 is 0.912 bits per heavy atom. The van der Waals surface area contributed by atoms with E-state index in [1.165, 1.54) is 0 Å². The summed E-state index contributed by atoms with van der Waals surface area (Å²) in [6.07, 6.45) is 0.685. The van der Waals surface area contributed by atoms with Gasteiger partial charge in [-0.15, -0.1) is 0 Å². The van der Waals surface area contributed by atoms with Gasteiger partial charge in [0.05, 0.1) is 0 Å². The summed E-state index contributed by atoms with van der Waals surface area (Å²) in [5.74, 6) is 0.924. The highest BCUT2D eigenvalue weighted by Gasteiger charge is 2.23. The van der Waals surface area contributed by atoms with Gasteiger partial charge >= 0.3 is 5.63 Å². The lowest BCUT2D eigenvalue weighted by Gasteiger charge is -2.32. The lowest BCUT2D eigenvalue weighted by Crippen LogP contribution is -2.47. The van der Waals surface area contributed by atoms with Crippen molar-refractivity contribution in [2.24, 2.45) is 0 Å². The maximum atomic E-state index is 12.9. The molecule has 1 saturated heterocycles. The molecule has 0 aliphatic carbocycles. The Kier molecular flexibility index (Phi) is 5.78. The molecule has 6 nitrogen and oxygen atoms in total. The summed E-state index contributed by atoms with van der Waals surface area (Å²) < 4.78 is 12.0. The van der Waals surface area contributed by atoms with Crippen molar-refractivity contribution >= 4 is 27.8 Å². The standard InChI is InChI=1S/C28H30N2O4/c1-17-21(10-11-24(31)30-14-12-29(4)13-15-30)28(32)34-26-18(2)27-23(16-22(17)26)25(19(3)33-27)20-8-6-5-7-9-20/h5-9,16H,10-15H2,1-4H3. The number of furan rings is 1. The SMILES string of the molecule is Cc1oc2c(C)c3oc(=O)c(CCC(=O)N4CCN(C)CC4)c(C)c3cc2c1-c1ccccc1. The third-order valence-electron chi connectivity index (χ3n) is 7.14. The first kappa shape index (κ1) is 22.4. The van der Waals surface area contributed by atoms with Crippen molar-refractivity contribution in [3.63, 3.8) is 0 Å². The minimum Gasteiger partial charge on any atom is -0.460 e. The number of carbonyl (C=O) groups excluding carboxylic acids is 1. The summed E-state index contributed by atoms with van der Waals surface area (Å²) in [6, 6.07) is 12.2. The van der Waals surface area contributed by atoms with E-state index in [2.05, 4.69) is 30.1 Å². The monoisotopic (exact) mass is 458 g/mol. The predicted octanol–water partition coefficient (Wildman–Crippen LogP) is 4.84. The molecule has 3 heterocycles. The van der Waals surface area contributed by atoms with Gasteiger partial charge in [0.1, 0.15) is 16.9 Å². The Bertz CT molecular complexity index is 1440. The third kappa shape index (κ3) is 3.82. The topological polar surface area (TPSA) is 66.9 Å². The van der Waals surface area contributed by atoms with Crippen molar-refractivity contribution < 1.29 is 13.6 Å². The number of rotatable bonds is 4. The highest BCUT2D eigenvalue weighted by atomic mass is 16.4. The van der Waals surface area contributed by atoms with Crippen LogP contribution in [-0.4, -0.2) is 48.9 Å². The third-order valence-corrected chi connectivity index (χ3v) is 7.14. The first-order chi connectivity index (χ1) is 16.3. The normalized spacial score (nSPS) is 14.9. The van der Waals surface area contributed by atoms with Crippen molar-refractivity contribution in [2.45, 2.75) is 33.6 Å². The number of benzene rings is 2. The highest BCUT2D eigenvalue weighted by molar-refractivity contribution is 6.05. The molecule has 0 spiro atoms. The minimum absolute atomic E-state index is 0.0930. The zero-order valence-electron chi connectivity index (χ0n) is 20.2. The van der Waals surface area contributed by atoms with Crippen LogP contribution >= 0.6 is 0 Å². The molecule has 34 heavy (non-hydrogen) atoms. The lowest BCUT2D eigenvalue weighted by molar-refractivity contribution is -0.132. The molecule has 176 valence electrons. The van der Waals surface area contributed by atoms with Gasteiger partial charge in [-0.1, -0.05) is 30.3 Å². The van der Waals surface area contributed by atoms with Crippen LogP contribution in [0.5, 0.6) is 0 Å². The van der Waals surface area contributed by atoms with Crippen LogP contribution in [0.4, 0.5) is 0 Å². The zero-order valence-corrected chi connectivity index (χ0v) is 20.2. The van der Waals surface area contributed by atoms with Gasteiger partial charge < -0.3 is 18.6 Å². The minimum atomic E-state index is -0.370. The molecule has 2 aromatic heterocycles. The van der Waals surface area contributed by atoms with Gasteiger partial charge in [-0.25, -0.2) is 4.79 Å². The van der Waals surface area contributed by atoms with Crippen LogP contribution in [0.3, 0.4) is 0 Å². The second-order valence-corrected chi connectivity index (χ2v) is 9.33. The van der Waals surface area contributed by atoms with Gasteiger partial charge in [-0.05, 0) is 51.4 Å². The van der Waals surface area contributed by atoms with Gasteiger partial charge in [0.15, 0.2) is 0 Å². The van der Waals surface area contributed by atoms with Gasteiger partial charge in [-0.2, -0.15) is 0 Å². The molecule has 2 aromatic carbocycles. The Hall–Kier alpha value is -3.38. The largest absolute Gasteiger partial charge is 0.460 e. The molecular weight excluding hydrogens is 428 g/mol. The zero-order chi connectivity index (χ0) is 24.0. The fraction of sp³-hybridized carbons (Fsp3) is 0.357. The fourth-order valence-corrected chi connectivity index (χ4v) is 5.07. The van der Waals surface area contributed by atoms with E-state index in [0.717, 1.165) is 70.5 Å². The Labute approximate surface area is 198 Å². The highest BCUT2D eigenvalue weighted by Crippen LogP contribution is 2.39. The number of fused-ring (bicyclic) bond motifs is 2. The van der Waals surface area contributed by atoms with Gasteiger partial charge in [0.2, 0.25) is 5.91 Å². The predicted molar refractivity (Wildman–Crippen MR) is 134 cm³/mol. The number of nitrogens with zero attached hydrogens (tertiary/aromatic N) is 2. The van der Waals surface area contributed by atoms with Gasteiger partial charge in [-0.3, -0.25) is 4.79 Å². The summed E-state index contributed by atoms with van der Waals surface area (Å²) in [4.78, 5) is 29.8. The van der Waals surface area contributed by atoms with Crippen LogP contribution in [0.1, 0.15) is 28.9 Å². The first-order valence-electron chi connectivity index (χ1n) is 11.9. The average molecular weight is 459 g/mol. The van der Waals surface area contributed by atoms with E-state index in [1.807, 2.05) is 43.9 Å². The number of carbonyl (C=O) groups is 1. The molecule has 0 unspecified atom stereocenters. The Morgan fingerprint density at radius 3 is 2.29 bits per heavy atom. The van der Waals surface area contributed by atoms with Crippen LogP contribution < -0.4 is 5.63 Å². The molecule has 4 aromatic rings. The summed E-state index contributed by atoms with van der Waals surface area (Å²) in [5.41, 5.74) is 5.34. The quantitative estimate of drug-likeness (QED) is 0.410. The number of hydrogen-bond acceptors (Lipinski definition) is 5. The summed E-state index contributed by atoms with van der Waals surface area (Å²) in [7, 11) is 2.06. The molecular formula is C28H30N2O4. The fourth-order valence-electron chi connectivity index (χ4n) is 5.07. The van der Waals surface area contributed by atoms with Crippen molar-refractivity contribution in [3.8, 4) is 11.1 Å². The number of hydrogen-bond donors (Lipinski definition) is 0. The van der Waals surface area contributed by atoms with Crippen LogP contribution in [0.25, 0.3) is 33.1 Å². The Morgan fingerprint density at radius 2 is 1.59 bits per heavy atom. The number of likely N-dealkylation sites (N-methyl/N-ethyl adjacent to an activating group) is 1. The summed E-state index contributed by atoms with van der Waals surface area (Å²) >= 11 is 0. The van der Waals surface area contributed by atoms with E-state index in [0.29, 0.717) is 24.0 Å². The van der Waals surface area contributed by atoms with Crippen LogP contribution in [0.15, 0.2) is 50.0 Å². The molecule has 0 atom stereocenters. The molecule has 0 bridgehead atoms. The van der Waals surface area contributed by atoms with E-state index in [-0.39, 0.29) is 11.5 Å².